The fraction of sp³-hybridized carbons (Fsp3) is 0.471. The van der Waals surface area contributed by atoms with Crippen molar-refractivity contribution in [2.45, 2.75) is 6.04 Å². The Kier molecular flexibility index (Phi) is 4.76. The molecule has 3 heterocycles. The molecule has 3 rings (SSSR count). The van der Waals surface area contributed by atoms with Crippen molar-refractivity contribution < 1.29 is 9.53 Å². The Hall–Kier alpha value is -2.79. The lowest BCUT2D eigenvalue weighted by molar-refractivity contribution is -0.127. The molecule has 0 spiro atoms. The average Bonchev–Trinajstić information content (AvgIpc) is 2.60. The molecule has 8 heteroatoms. The van der Waals surface area contributed by atoms with E-state index in [-0.39, 0.29) is 17.6 Å². The van der Waals surface area contributed by atoms with Crippen LogP contribution in [0.3, 0.4) is 0 Å². The van der Waals surface area contributed by atoms with E-state index in [9.17, 15) is 4.79 Å². The van der Waals surface area contributed by atoms with Crippen molar-refractivity contribution in [3.63, 3.8) is 0 Å². The smallest absolute Gasteiger partial charge is 0.246 e. The molecule has 2 aliphatic heterocycles. The number of piperazine rings is 1. The summed E-state index contributed by atoms with van der Waals surface area (Å²) in [7, 11) is 3.92. The molecule has 0 aromatic carbocycles. The first kappa shape index (κ1) is 17.0. The predicted octanol–water partition coefficient (Wildman–Crippen LogP) is 0.0629. The van der Waals surface area contributed by atoms with Gasteiger partial charge in [-0.2, -0.15) is 5.26 Å². The average molecular weight is 342 g/mol. The van der Waals surface area contributed by atoms with Crippen molar-refractivity contribution in [1.29, 1.82) is 5.26 Å². The van der Waals surface area contributed by atoms with Gasteiger partial charge in [0.05, 0.1) is 11.7 Å². The summed E-state index contributed by atoms with van der Waals surface area (Å²) in [5.41, 5.74) is 6.33. The number of pyridine rings is 1. The van der Waals surface area contributed by atoms with Crippen molar-refractivity contribution in [1.82, 2.24) is 14.8 Å². The highest BCUT2D eigenvalue weighted by molar-refractivity contribution is 5.88. The quantitative estimate of drug-likeness (QED) is 0.776. The van der Waals surface area contributed by atoms with Crippen LogP contribution in [0.15, 0.2) is 18.2 Å². The topological polar surface area (TPSA) is 98.7 Å². The third-order valence-electron chi connectivity index (χ3n) is 4.33. The molecule has 0 bridgehead atoms. The highest BCUT2D eigenvalue weighted by Crippen LogP contribution is 2.35. The van der Waals surface area contributed by atoms with Gasteiger partial charge in [0.2, 0.25) is 5.91 Å². The second-order valence-electron chi connectivity index (χ2n) is 6.47. The van der Waals surface area contributed by atoms with E-state index in [2.05, 4.69) is 9.88 Å². The van der Waals surface area contributed by atoms with Gasteiger partial charge in [0, 0.05) is 38.3 Å². The molecule has 1 saturated heterocycles. The lowest BCUT2D eigenvalue weighted by Gasteiger charge is -2.44. The highest BCUT2D eigenvalue weighted by atomic mass is 16.5. The molecule has 1 aromatic heterocycles. The van der Waals surface area contributed by atoms with Crippen LogP contribution in [0.5, 0.6) is 5.75 Å². The summed E-state index contributed by atoms with van der Waals surface area (Å²) in [6, 6.07) is 3.68. The van der Waals surface area contributed by atoms with Crippen LogP contribution < -0.4 is 15.4 Å². The van der Waals surface area contributed by atoms with E-state index < -0.39 is 0 Å². The summed E-state index contributed by atoms with van der Waals surface area (Å²) in [4.78, 5) is 22.6. The monoisotopic (exact) mass is 342 g/mol. The minimum Gasteiger partial charge on any atom is -0.487 e. The summed E-state index contributed by atoms with van der Waals surface area (Å²) in [6.07, 6.45) is 3.49. The van der Waals surface area contributed by atoms with Crippen molar-refractivity contribution in [2.24, 2.45) is 0 Å². The fourth-order valence-electron chi connectivity index (χ4n) is 3.03. The van der Waals surface area contributed by atoms with Gasteiger partial charge < -0.3 is 25.2 Å². The highest BCUT2D eigenvalue weighted by Gasteiger charge is 2.35. The summed E-state index contributed by atoms with van der Waals surface area (Å²) in [6.45, 7) is 3.02. The van der Waals surface area contributed by atoms with Crippen LogP contribution in [0.25, 0.3) is 0 Å². The van der Waals surface area contributed by atoms with Gasteiger partial charge in [-0.25, -0.2) is 4.98 Å². The number of nitriles is 1. The van der Waals surface area contributed by atoms with Gasteiger partial charge in [-0.1, -0.05) is 6.08 Å². The number of amides is 1. The van der Waals surface area contributed by atoms with Gasteiger partial charge in [-0.05, 0) is 14.1 Å². The largest absolute Gasteiger partial charge is 0.487 e. The molecular weight excluding hydrogens is 320 g/mol. The van der Waals surface area contributed by atoms with Crippen molar-refractivity contribution in [2.75, 3.05) is 57.5 Å². The standard InChI is InChI=1S/C17H22N6O2/c1-21(2)5-3-4-16(24)22-6-7-23-12(10-22)11-25-15-8-13(19)14(9-18)20-17(15)23/h3-4,8,12H,5-7,10-11,19H2,1-2H3/b4-3+/t12-/m0/s1. The first-order chi connectivity index (χ1) is 12.0. The Bertz CT molecular complexity index is 739. The van der Waals surface area contributed by atoms with Crippen molar-refractivity contribution in [3.8, 4) is 11.8 Å². The zero-order chi connectivity index (χ0) is 18.0. The number of fused-ring (bicyclic) bond motifs is 3. The Morgan fingerprint density at radius 2 is 2.36 bits per heavy atom. The van der Waals surface area contributed by atoms with E-state index in [4.69, 9.17) is 15.7 Å². The molecule has 2 aliphatic rings. The van der Waals surface area contributed by atoms with Crippen LogP contribution in [-0.4, -0.2) is 73.6 Å². The molecule has 25 heavy (non-hydrogen) atoms. The van der Waals surface area contributed by atoms with Gasteiger partial charge in [0.25, 0.3) is 0 Å². The maximum Gasteiger partial charge on any atom is 0.246 e. The number of anilines is 2. The van der Waals surface area contributed by atoms with Crippen LogP contribution in [0.1, 0.15) is 5.69 Å². The predicted molar refractivity (Wildman–Crippen MR) is 94.3 cm³/mol. The van der Waals surface area contributed by atoms with Gasteiger partial charge in [-0.3, -0.25) is 4.79 Å². The van der Waals surface area contributed by atoms with Gasteiger partial charge in [0.1, 0.15) is 12.7 Å². The summed E-state index contributed by atoms with van der Waals surface area (Å²) < 4.78 is 5.76. The number of hydrogen-bond acceptors (Lipinski definition) is 7. The molecule has 1 atom stereocenters. The Morgan fingerprint density at radius 3 is 3.08 bits per heavy atom. The number of aromatic nitrogens is 1. The summed E-state index contributed by atoms with van der Waals surface area (Å²) in [5, 5.41) is 9.14. The second-order valence-corrected chi connectivity index (χ2v) is 6.47. The second kappa shape index (κ2) is 6.99. The van der Waals surface area contributed by atoms with Crippen molar-refractivity contribution in [3.05, 3.63) is 23.9 Å². The van der Waals surface area contributed by atoms with Crippen molar-refractivity contribution >= 4 is 17.4 Å². The molecule has 0 saturated carbocycles. The van der Waals surface area contributed by atoms with Gasteiger partial charge >= 0.3 is 0 Å². The van der Waals surface area contributed by atoms with E-state index >= 15 is 0 Å². The number of rotatable bonds is 3. The molecule has 1 amide bonds. The number of likely N-dealkylation sites (N-methyl/N-ethyl adjacent to an activating group) is 1. The van der Waals surface area contributed by atoms with Crippen LogP contribution in [0.2, 0.25) is 0 Å². The first-order valence-electron chi connectivity index (χ1n) is 8.20. The SMILES string of the molecule is CN(C)C/C=C/C(=O)N1CCN2c3nc(C#N)c(N)cc3OC[C@@H]2C1. The van der Waals surface area contributed by atoms with E-state index in [1.165, 1.54) is 0 Å². The lowest BCUT2D eigenvalue weighted by atomic mass is 10.1. The molecule has 0 radical (unpaired) electrons. The third-order valence-corrected chi connectivity index (χ3v) is 4.33. The van der Waals surface area contributed by atoms with E-state index in [1.807, 2.05) is 36.0 Å². The number of carbonyl (C=O) groups is 1. The van der Waals surface area contributed by atoms with Gasteiger partial charge in [0.15, 0.2) is 17.3 Å². The van der Waals surface area contributed by atoms with Gasteiger partial charge in [-0.15, -0.1) is 0 Å². The van der Waals surface area contributed by atoms with Crippen LogP contribution in [-0.2, 0) is 4.79 Å². The number of ether oxygens (including phenoxy) is 1. The molecule has 2 N–H and O–H groups in total. The fourth-order valence-corrected chi connectivity index (χ4v) is 3.03. The Labute approximate surface area is 147 Å². The molecule has 1 aromatic rings. The molecular formula is C17H22N6O2. The number of nitrogens with two attached hydrogens (primary N) is 1. The number of nitrogens with zero attached hydrogens (tertiary/aromatic N) is 5. The lowest BCUT2D eigenvalue weighted by Crippen LogP contribution is -2.58. The molecule has 1 fully saturated rings. The van der Waals surface area contributed by atoms with E-state index in [0.717, 1.165) is 6.54 Å². The number of nitrogen functional groups attached to an aromatic ring is 1. The Balaban J connectivity index is 1.72. The normalized spacial score (nSPS) is 19.4. The molecule has 8 nitrogen and oxygen atoms in total. The molecule has 0 unspecified atom stereocenters. The zero-order valence-electron chi connectivity index (χ0n) is 14.5. The number of carbonyl (C=O) groups excluding carboxylic acids is 1. The van der Waals surface area contributed by atoms with Crippen LogP contribution in [0.4, 0.5) is 11.5 Å². The van der Waals surface area contributed by atoms with E-state index in [0.29, 0.717) is 43.5 Å². The maximum absolute atomic E-state index is 12.3. The third kappa shape index (κ3) is 3.51. The van der Waals surface area contributed by atoms with Crippen LogP contribution >= 0.6 is 0 Å². The maximum atomic E-state index is 12.3. The minimum absolute atomic E-state index is 0.00951. The zero-order valence-corrected chi connectivity index (χ0v) is 14.5. The minimum atomic E-state index is 0.00951. The summed E-state index contributed by atoms with van der Waals surface area (Å²) >= 11 is 0. The first-order valence-corrected chi connectivity index (χ1v) is 8.20. The molecule has 132 valence electrons. The number of hydrogen-bond donors (Lipinski definition) is 1. The Morgan fingerprint density at radius 1 is 1.56 bits per heavy atom. The molecule has 0 aliphatic carbocycles. The summed E-state index contributed by atoms with van der Waals surface area (Å²) in [5.74, 6) is 1.24. The van der Waals surface area contributed by atoms with E-state index in [1.54, 1.807) is 12.1 Å². The van der Waals surface area contributed by atoms with Crippen LogP contribution in [0, 0.1) is 11.3 Å².